The van der Waals surface area contributed by atoms with Crippen molar-refractivity contribution in [2.24, 2.45) is 0 Å². The van der Waals surface area contributed by atoms with Gasteiger partial charge in [0.1, 0.15) is 6.04 Å². The summed E-state index contributed by atoms with van der Waals surface area (Å²) in [5, 5.41) is 6.18. The van der Waals surface area contributed by atoms with Gasteiger partial charge in [-0.1, -0.05) is 6.07 Å². The summed E-state index contributed by atoms with van der Waals surface area (Å²) in [4.78, 5) is 27.0. The molecule has 7 heteroatoms. The summed E-state index contributed by atoms with van der Waals surface area (Å²) in [5.41, 5.74) is 0.950. The molecule has 3 aliphatic heterocycles. The number of hydrogen-bond acceptors (Lipinski definition) is 5. The highest BCUT2D eigenvalue weighted by Gasteiger charge is 2.37. The molecular formula is C18H23N3O4. The Balaban J connectivity index is 1.36. The van der Waals surface area contributed by atoms with E-state index >= 15 is 0 Å². The number of amides is 2. The fraction of sp³-hybridized carbons (Fsp3) is 0.556. The van der Waals surface area contributed by atoms with Gasteiger partial charge in [0.2, 0.25) is 18.6 Å². The summed E-state index contributed by atoms with van der Waals surface area (Å²) >= 11 is 0. The number of carbonyl (C=O) groups is 2. The Kier molecular flexibility index (Phi) is 4.48. The summed E-state index contributed by atoms with van der Waals surface area (Å²) in [6.45, 7) is 2.19. The largest absolute Gasteiger partial charge is 0.454 e. The molecule has 2 amide bonds. The zero-order valence-electron chi connectivity index (χ0n) is 14.1. The predicted octanol–water partition coefficient (Wildman–Crippen LogP) is 0.774. The normalized spacial score (nSPS) is 24.6. The van der Waals surface area contributed by atoms with Crippen LogP contribution in [0.4, 0.5) is 0 Å². The third-order valence-corrected chi connectivity index (χ3v) is 5.10. The fourth-order valence-corrected chi connectivity index (χ4v) is 3.76. The van der Waals surface area contributed by atoms with Crippen molar-refractivity contribution in [1.82, 2.24) is 15.5 Å². The second-order valence-corrected chi connectivity index (χ2v) is 6.74. The van der Waals surface area contributed by atoms with Crippen LogP contribution in [0.3, 0.4) is 0 Å². The third-order valence-electron chi connectivity index (χ3n) is 5.10. The summed E-state index contributed by atoms with van der Waals surface area (Å²) in [6, 6.07) is 5.16. The molecule has 0 aliphatic carbocycles. The number of carbonyl (C=O) groups excluding carboxylic acids is 2. The van der Waals surface area contributed by atoms with E-state index in [0.29, 0.717) is 18.8 Å². The Morgan fingerprint density at radius 3 is 2.92 bits per heavy atom. The lowest BCUT2D eigenvalue weighted by atomic mass is 10.1. The Hall–Kier alpha value is -2.28. The lowest BCUT2D eigenvalue weighted by molar-refractivity contribution is -0.139. The number of fused-ring (bicyclic) bond motifs is 1. The lowest BCUT2D eigenvalue weighted by Gasteiger charge is -2.26. The first kappa shape index (κ1) is 16.2. The first-order chi connectivity index (χ1) is 12.2. The molecule has 1 aromatic rings. The van der Waals surface area contributed by atoms with E-state index in [1.165, 1.54) is 0 Å². The lowest BCUT2D eigenvalue weighted by Crippen LogP contribution is -2.50. The van der Waals surface area contributed by atoms with Crippen molar-refractivity contribution in [3.05, 3.63) is 23.8 Å². The first-order valence-electron chi connectivity index (χ1n) is 8.92. The maximum absolute atomic E-state index is 12.6. The molecule has 0 aromatic heterocycles. The van der Waals surface area contributed by atoms with Crippen LogP contribution >= 0.6 is 0 Å². The van der Waals surface area contributed by atoms with Gasteiger partial charge in [0.05, 0.1) is 6.04 Å². The van der Waals surface area contributed by atoms with Gasteiger partial charge in [-0.15, -0.1) is 0 Å². The Bertz CT molecular complexity index is 672. The predicted molar refractivity (Wildman–Crippen MR) is 90.2 cm³/mol. The van der Waals surface area contributed by atoms with Gasteiger partial charge in [-0.3, -0.25) is 9.59 Å². The van der Waals surface area contributed by atoms with Crippen LogP contribution in [0.5, 0.6) is 11.5 Å². The molecule has 2 saturated heterocycles. The zero-order chi connectivity index (χ0) is 17.2. The van der Waals surface area contributed by atoms with Crippen LogP contribution in [-0.4, -0.2) is 48.7 Å². The number of hydrogen-bond donors (Lipinski definition) is 2. The molecular weight excluding hydrogens is 322 g/mol. The molecule has 7 nitrogen and oxygen atoms in total. The highest BCUT2D eigenvalue weighted by molar-refractivity contribution is 5.90. The number of rotatable bonds is 4. The number of benzene rings is 1. The highest BCUT2D eigenvalue weighted by atomic mass is 16.7. The van der Waals surface area contributed by atoms with Crippen LogP contribution in [0.25, 0.3) is 0 Å². The summed E-state index contributed by atoms with van der Waals surface area (Å²) in [5.74, 6) is 1.42. The van der Waals surface area contributed by atoms with Gasteiger partial charge in [0.25, 0.3) is 0 Å². The van der Waals surface area contributed by atoms with E-state index in [4.69, 9.17) is 9.47 Å². The van der Waals surface area contributed by atoms with E-state index in [2.05, 4.69) is 10.6 Å². The van der Waals surface area contributed by atoms with Crippen LogP contribution < -0.4 is 20.1 Å². The molecule has 0 unspecified atom stereocenters. The zero-order valence-corrected chi connectivity index (χ0v) is 14.1. The second-order valence-electron chi connectivity index (χ2n) is 6.74. The number of nitrogens with zero attached hydrogens (tertiary/aromatic N) is 1. The van der Waals surface area contributed by atoms with Crippen LogP contribution in [0.1, 0.15) is 31.2 Å². The van der Waals surface area contributed by atoms with E-state index < -0.39 is 0 Å². The molecule has 0 saturated carbocycles. The minimum Gasteiger partial charge on any atom is -0.454 e. The van der Waals surface area contributed by atoms with Gasteiger partial charge in [-0.2, -0.15) is 0 Å². The van der Waals surface area contributed by atoms with Crippen molar-refractivity contribution in [2.75, 3.05) is 19.9 Å². The summed E-state index contributed by atoms with van der Waals surface area (Å²) in [6.07, 6.45) is 3.48. The fourth-order valence-electron chi connectivity index (χ4n) is 3.76. The van der Waals surface area contributed by atoms with Crippen molar-refractivity contribution >= 4 is 11.8 Å². The average Bonchev–Trinajstić information content (AvgIpc) is 3.39. The van der Waals surface area contributed by atoms with Crippen molar-refractivity contribution in [3.8, 4) is 11.5 Å². The second kappa shape index (κ2) is 6.92. The molecule has 3 aliphatic rings. The van der Waals surface area contributed by atoms with Crippen LogP contribution in [0.15, 0.2) is 18.2 Å². The Labute approximate surface area is 146 Å². The van der Waals surface area contributed by atoms with E-state index in [1.807, 2.05) is 18.2 Å². The van der Waals surface area contributed by atoms with Crippen LogP contribution in [0, 0.1) is 0 Å². The quantitative estimate of drug-likeness (QED) is 0.843. The molecule has 2 fully saturated rings. The first-order valence-corrected chi connectivity index (χ1v) is 8.92. The number of ether oxygens (including phenoxy) is 2. The smallest absolute Gasteiger partial charge is 0.243 e. The average molecular weight is 345 g/mol. The van der Waals surface area contributed by atoms with Gasteiger partial charge in [0.15, 0.2) is 11.5 Å². The molecule has 2 atom stereocenters. The number of likely N-dealkylation sites (tertiary alicyclic amines) is 1. The number of nitrogens with one attached hydrogen (secondary N) is 2. The topological polar surface area (TPSA) is 79.9 Å². The van der Waals surface area contributed by atoms with Crippen molar-refractivity contribution in [3.63, 3.8) is 0 Å². The SMILES string of the molecule is O=C(NCc1ccc2c(c1)OCO2)[C@@H]1CCCN1C(=O)[C@@H]1CCCN1. The van der Waals surface area contributed by atoms with E-state index in [0.717, 1.165) is 43.5 Å². The van der Waals surface area contributed by atoms with Crippen molar-refractivity contribution < 1.29 is 19.1 Å². The van der Waals surface area contributed by atoms with E-state index in [-0.39, 0.29) is 30.7 Å². The van der Waals surface area contributed by atoms with Crippen LogP contribution in [-0.2, 0) is 16.1 Å². The standard InChI is InChI=1S/C18H23N3O4/c22-17(20-10-12-5-6-15-16(9-12)25-11-24-15)14-4-2-8-21(14)18(23)13-3-1-7-19-13/h5-6,9,13-14,19H,1-4,7-8,10-11H2,(H,20,22)/t13-,14-/m0/s1. The summed E-state index contributed by atoms with van der Waals surface area (Å²) < 4.78 is 10.6. The summed E-state index contributed by atoms with van der Waals surface area (Å²) in [7, 11) is 0. The maximum atomic E-state index is 12.6. The van der Waals surface area contributed by atoms with Gasteiger partial charge < -0.3 is 25.0 Å². The highest BCUT2D eigenvalue weighted by Crippen LogP contribution is 2.32. The van der Waals surface area contributed by atoms with Gasteiger partial charge in [-0.05, 0) is 49.9 Å². The minimum atomic E-state index is -0.357. The molecule has 2 N–H and O–H groups in total. The molecule has 1 aromatic carbocycles. The molecule has 0 spiro atoms. The Morgan fingerprint density at radius 2 is 2.08 bits per heavy atom. The molecule has 134 valence electrons. The molecule has 4 rings (SSSR count). The van der Waals surface area contributed by atoms with E-state index in [1.54, 1.807) is 4.90 Å². The van der Waals surface area contributed by atoms with Gasteiger partial charge >= 0.3 is 0 Å². The van der Waals surface area contributed by atoms with Crippen molar-refractivity contribution in [2.45, 2.75) is 44.3 Å². The Morgan fingerprint density at radius 1 is 1.20 bits per heavy atom. The minimum absolute atomic E-state index is 0.0678. The van der Waals surface area contributed by atoms with E-state index in [9.17, 15) is 9.59 Å². The monoisotopic (exact) mass is 345 g/mol. The third kappa shape index (κ3) is 3.28. The molecule has 0 bridgehead atoms. The van der Waals surface area contributed by atoms with Gasteiger partial charge in [-0.25, -0.2) is 0 Å². The van der Waals surface area contributed by atoms with Crippen molar-refractivity contribution in [1.29, 1.82) is 0 Å². The maximum Gasteiger partial charge on any atom is 0.243 e. The molecule has 3 heterocycles. The molecule has 25 heavy (non-hydrogen) atoms. The van der Waals surface area contributed by atoms with Crippen LogP contribution in [0.2, 0.25) is 0 Å². The molecule has 0 radical (unpaired) electrons. The van der Waals surface area contributed by atoms with Gasteiger partial charge in [0, 0.05) is 13.1 Å².